The van der Waals surface area contributed by atoms with Crippen LogP contribution in [0.25, 0.3) is 11.5 Å². The highest BCUT2D eigenvalue weighted by atomic mass is 31.2. The van der Waals surface area contributed by atoms with Crippen molar-refractivity contribution in [3.05, 3.63) is 42.3 Å². The molecule has 0 saturated heterocycles. The van der Waals surface area contributed by atoms with E-state index < -0.39 is 19.1 Å². The number of aromatic nitrogens is 1. The summed E-state index contributed by atoms with van der Waals surface area (Å²) in [6.45, 7) is 2.04. The van der Waals surface area contributed by atoms with Crippen molar-refractivity contribution in [1.82, 2.24) is 10.3 Å². The van der Waals surface area contributed by atoms with E-state index in [1.165, 1.54) is 6.26 Å². The quantitative estimate of drug-likeness (QED) is 0.843. The minimum absolute atomic E-state index is 0.174. The summed E-state index contributed by atoms with van der Waals surface area (Å²) >= 11 is 0. The number of nitrogens with zero attached hydrogens (tertiary/aromatic N) is 1. The molecule has 1 aromatic heterocycles. The molecule has 4 nitrogen and oxygen atoms in total. The van der Waals surface area contributed by atoms with Crippen molar-refractivity contribution >= 4 is 7.14 Å². The molecule has 0 aliphatic rings. The lowest BCUT2D eigenvalue weighted by Crippen LogP contribution is -2.41. The molecule has 1 aromatic carbocycles. The van der Waals surface area contributed by atoms with E-state index in [1.807, 2.05) is 18.2 Å². The highest BCUT2D eigenvalue weighted by Gasteiger charge is 2.46. The van der Waals surface area contributed by atoms with Crippen LogP contribution in [0.1, 0.15) is 5.69 Å². The van der Waals surface area contributed by atoms with Crippen molar-refractivity contribution in [3.8, 4) is 11.5 Å². The monoisotopic (exact) mass is 332 g/mol. The van der Waals surface area contributed by atoms with E-state index in [-0.39, 0.29) is 6.54 Å². The maximum Gasteiger partial charge on any atom is 0.410 e. The van der Waals surface area contributed by atoms with Crippen LogP contribution in [0.3, 0.4) is 0 Å². The van der Waals surface area contributed by atoms with Gasteiger partial charge in [-0.05, 0) is 25.5 Å². The first-order valence-electron chi connectivity index (χ1n) is 6.52. The molecule has 2 rings (SSSR count). The maximum atomic E-state index is 12.9. The van der Waals surface area contributed by atoms with E-state index in [4.69, 9.17) is 4.42 Å². The normalized spacial score (nSPS) is 14.0. The smallest absolute Gasteiger partial charge is 0.410 e. The summed E-state index contributed by atoms with van der Waals surface area (Å²) in [4.78, 5) is 4.13. The summed E-state index contributed by atoms with van der Waals surface area (Å²) < 4.78 is 55.8. The molecule has 0 spiro atoms. The van der Waals surface area contributed by atoms with Crippen molar-refractivity contribution in [3.63, 3.8) is 0 Å². The van der Waals surface area contributed by atoms with Crippen molar-refractivity contribution in [2.75, 3.05) is 13.3 Å². The Balaban J connectivity index is 2.09. The minimum Gasteiger partial charge on any atom is -0.444 e. The van der Waals surface area contributed by atoms with Gasteiger partial charge in [-0.15, -0.1) is 0 Å². The molecule has 8 heteroatoms. The van der Waals surface area contributed by atoms with Crippen molar-refractivity contribution in [2.45, 2.75) is 18.5 Å². The summed E-state index contributed by atoms with van der Waals surface area (Å²) in [5.41, 5.74) is 1.05. The van der Waals surface area contributed by atoms with Gasteiger partial charge in [0.05, 0.1) is 5.69 Å². The first kappa shape index (κ1) is 16.8. The molecule has 1 unspecified atom stereocenters. The fourth-order valence-corrected chi connectivity index (χ4v) is 3.23. The van der Waals surface area contributed by atoms with E-state index in [1.54, 1.807) is 12.1 Å². The predicted octanol–water partition coefficient (Wildman–Crippen LogP) is 3.94. The zero-order chi connectivity index (χ0) is 16.4. The summed E-state index contributed by atoms with van der Waals surface area (Å²) in [5.74, 6) is -1.73. The van der Waals surface area contributed by atoms with Gasteiger partial charge in [0.1, 0.15) is 13.4 Å². The van der Waals surface area contributed by atoms with Gasteiger partial charge in [-0.2, -0.15) is 13.2 Å². The lowest BCUT2D eigenvalue weighted by atomic mass is 10.2. The van der Waals surface area contributed by atoms with Gasteiger partial charge >= 0.3 is 6.18 Å². The Morgan fingerprint density at radius 3 is 2.45 bits per heavy atom. The van der Waals surface area contributed by atoms with E-state index in [9.17, 15) is 17.7 Å². The van der Waals surface area contributed by atoms with Crippen LogP contribution in [0.2, 0.25) is 0 Å². The Bertz CT molecular complexity index is 664. The molecule has 1 atom stereocenters. The third kappa shape index (κ3) is 4.21. The number of halogens is 3. The van der Waals surface area contributed by atoms with Crippen molar-refractivity contribution in [1.29, 1.82) is 0 Å². The highest BCUT2D eigenvalue weighted by Crippen LogP contribution is 2.48. The summed E-state index contributed by atoms with van der Waals surface area (Å²) in [5, 5.41) is 2.27. The number of nitrogens with one attached hydrogen (secondary N) is 1. The Morgan fingerprint density at radius 2 is 1.91 bits per heavy atom. The van der Waals surface area contributed by atoms with Gasteiger partial charge in [-0.1, -0.05) is 18.2 Å². The van der Waals surface area contributed by atoms with E-state index >= 15 is 0 Å². The number of hydrogen-bond donors (Lipinski definition) is 1. The molecule has 0 bridgehead atoms. The minimum atomic E-state index is -4.58. The first-order valence-corrected chi connectivity index (χ1v) is 9.19. The van der Waals surface area contributed by atoms with Crippen LogP contribution >= 0.6 is 7.14 Å². The molecule has 1 heterocycles. The van der Waals surface area contributed by atoms with Crippen LogP contribution in [0, 0.1) is 0 Å². The van der Waals surface area contributed by atoms with Gasteiger partial charge in [0.15, 0.2) is 5.78 Å². The largest absolute Gasteiger partial charge is 0.444 e. The Morgan fingerprint density at radius 1 is 1.27 bits per heavy atom. The second-order valence-electron chi connectivity index (χ2n) is 5.27. The lowest BCUT2D eigenvalue weighted by molar-refractivity contribution is -0.136. The van der Waals surface area contributed by atoms with E-state index in [2.05, 4.69) is 10.3 Å². The van der Waals surface area contributed by atoms with Gasteiger partial charge in [0, 0.05) is 12.1 Å². The molecule has 0 amide bonds. The lowest BCUT2D eigenvalue weighted by Gasteiger charge is -2.24. The molecule has 2 aromatic rings. The number of alkyl halides is 3. The second-order valence-corrected chi connectivity index (χ2v) is 8.65. The van der Waals surface area contributed by atoms with E-state index in [0.717, 1.165) is 18.9 Å². The number of oxazole rings is 1. The Kier molecular flexibility index (Phi) is 4.78. The number of rotatable bonds is 5. The van der Waals surface area contributed by atoms with Crippen LogP contribution in [-0.4, -0.2) is 30.3 Å². The predicted molar refractivity (Wildman–Crippen MR) is 78.1 cm³/mol. The Hall–Kier alpha value is -1.59. The average molecular weight is 332 g/mol. The zero-order valence-electron chi connectivity index (χ0n) is 12.1. The number of hydrogen-bond acceptors (Lipinski definition) is 4. The molecule has 0 aliphatic carbocycles. The maximum absolute atomic E-state index is 12.9. The van der Waals surface area contributed by atoms with Crippen LogP contribution < -0.4 is 5.32 Å². The molecular formula is C14H16F3N2O2P. The van der Waals surface area contributed by atoms with Gasteiger partial charge in [-0.3, -0.25) is 5.32 Å². The Labute approximate surface area is 126 Å². The van der Waals surface area contributed by atoms with Gasteiger partial charge < -0.3 is 8.98 Å². The van der Waals surface area contributed by atoms with Gasteiger partial charge in [0.25, 0.3) is 0 Å². The van der Waals surface area contributed by atoms with Crippen LogP contribution in [-0.2, 0) is 11.1 Å². The highest BCUT2D eigenvalue weighted by molar-refractivity contribution is 7.63. The molecule has 0 aliphatic heterocycles. The molecular weight excluding hydrogens is 316 g/mol. The zero-order valence-corrected chi connectivity index (χ0v) is 13.0. The van der Waals surface area contributed by atoms with Gasteiger partial charge in [0.2, 0.25) is 5.89 Å². The van der Waals surface area contributed by atoms with Crippen molar-refractivity contribution in [2.24, 2.45) is 0 Å². The third-order valence-corrected chi connectivity index (χ3v) is 4.70. The van der Waals surface area contributed by atoms with Crippen LogP contribution in [0.4, 0.5) is 13.2 Å². The topological polar surface area (TPSA) is 55.1 Å². The fraction of sp³-hybridized carbons (Fsp3) is 0.357. The average Bonchev–Trinajstić information content (AvgIpc) is 2.85. The molecule has 1 N–H and O–H groups in total. The second kappa shape index (κ2) is 6.26. The SMILES string of the molecule is CP(C)(=O)C(NCc1coc(-c2ccccc2)n1)C(F)(F)F. The molecule has 0 fully saturated rings. The van der Waals surface area contributed by atoms with Crippen LogP contribution in [0.5, 0.6) is 0 Å². The van der Waals surface area contributed by atoms with Gasteiger partial charge in [-0.25, -0.2) is 4.98 Å². The van der Waals surface area contributed by atoms with Crippen molar-refractivity contribution < 1.29 is 22.2 Å². The molecule has 0 radical (unpaired) electrons. The molecule has 22 heavy (non-hydrogen) atoms. The summed E-state index contributed by atoms with van der Waals surface area (Å²) in [7, 11) is -3.38. The van der Waals surface area contributed by atoms with Crippen LogP contribution in [0.15, 0.2) is 41.0 Å². The fourth-order valence-electron chi connectivity index (χ4n) is 1.99. The summed E-state index contributed by atoms with van der Waals surface area (Å²) in [6, 6.07) is 9.02. The molecule has 0 saturated carbocycles. The third-order valence-electron chi connectivity index (χ3n) is 2.98. The standard InChI is InChI=1S/C14H16F3N2O2P/c1-22(2,20)13(14(15,16)17)18-8-11-9-21-12(19-11)10-6-4-3-5-7-10/h3-7,9,13,18H,8H2,1-2H3. The first-order chi connectivity index (χ1) is 10.2. The molecule has 120 valence electrons. The number of benzene rings is 1. The van der Waals surface area contributed by atoms with E-state index in [0.29, 0.717) is 11.6 Å². The summed E-state index contributed by atoms with van der Waals surface area (Å²) in [6.07, 6.45) is -3.29.